The first-order valence-electron chi connectivity index (χ1n) is 10.5. The summed E-state index contributed by atoms with van der Waals surface area (Å²) in [4.78, 5) is 34.7. The average Bonchev–Trinajstić information content (AvgIpc) is 3.12. The number of carboxylic acids is 2. The predicted octanol–water partition coefficient (Wildman–Crippen LogP) is 0.389. The number of nitrogens with zero attached hydrogens (tertiary/aromatic N) is 1. The first kappa shape index (κ1) is 25.4. The molecule has 0 unspecified atom stereocenters. The summed E-state index contributed by atoms with van der Waals surface area (Å²) in [5.41, 5.74) is 2.57. The quantitative estimate of drug-likeness (QED) is 0.430. The van der Waals surface area contributed by atoms with Crippen LogP contribution in [0.3, 0.4) is 0 Å². The maximum atomic E-state index is 12.6. The second-order valence-corrected chi connectivity index (χ2v) is 8.85. The number of rotatable bonds is 4. The molecule has 1 spiro atoms. The predicted molar refractivity (Wildman–Crippen MR) is 119 cm³/mol. The summed E-state index contributed by atoms with van der Waals surface area (Å²) >= 11 is 0. The monoisotopic (exact) mass is 529 g/mol. The summed E-state index contributed by atoms with van der Waals surface area (Å²) in [5.74, 6) is -1.08. The Balaban J connectivity index is 0.000000241. The fourth-order valence-corrected chi connectivity index (χ4v) is 5.94. The number of aliphatic carboxylic acids is 2. The van der Waals surface area contributed by atoms with Crippen molar-refractivity contribution in [1.29, 1.82) is 0 Å². The van der Waals surface area contributed by atoms with E-state index in [1.165, 1.54) is 11.1 Å². The number of methoxy groups -OCH3 is 1. The molecule has 1 aromatic rings. The fourth-order valence-electron chi connectivity index (χ4n) is 5.94. The van der Waals surface area contributed by atoms with Gasteiger partial charge < -0.3 is 34.8 Å². The number of halogens is 1. The van der Waals surface area contributed by atoms with Gasteiger partial charge in [-0.25, -0.2) is 9.59 Å². The van der Waals surface area contributed by atoms with Crippen LogP contribution in [0.5, 0.6) is 11.5 Å². The van der Waals surface area contributed by atoms with Gasteiger partial charge in [-0.2, -0.15) is 0 Å². The highest BCUT2D eigenvalue weighted by atomic mass is 79.9. The van der Waals surface area contributed by atoms with Crippen LogP contribution in [0.25, 0.3) is 0 Å². The van der Waals surface area contributed by atoms with Gasteiger partial charge in [-0.3, -0.25) is 4.79 Å². The van der Waals surface area contributed by atoms with Crippen LogP contribution in [0.15, 0.2) is 12.1 Å². The molecule has 2 aliphatic carbocycles. The number of carbonyl (C=O) groups is 3. The number of ketones is 1. The van der Waals surface area contributed by atoms with Crippen molar-refractivity contribution in [3.05, 3.63) is 23.3 Å². The van der Waals surface area contributed by atoms with Crippen LogP contribution in [0.2, 0.25) is 0 Å². The molecular formula is C22H28BrNO9. The third kappa shape index (κ3) is 3.80. The second-order valence-electron chi connectivity index (χ2n) is 8.85. The number of piperidine rings is 1. The zero-order chi connectivity index (χ0) is 23.4. The summed E-state index contributed by atoms with van der Waals surface area (Å²) in [5, 5.41) is 32.5. The van der Waals surface area contributed by atoms with E-state index in [9.17, 15) is 14.4 Å². The number of likely N-dealkylation sites (N-methyl/N-ethyl adjacent to an activating group) is 1. The van der Waals surface area contributed by atoms with E-state index in [0.29, 0.717) is 18.4 Å². The number of likely N-dealkylation sites (tertiary alicyclic amines) is 1. The van der Waals surface area contributed by atoms with Crippen molar-refractivity contribution in [2.24, 2.45) is 5.92 Å². The van der Waals surface area contributed by atoms with E-state index in [2.05, 4.69) is 18.0 Å². The zero-order valence-corrected chi connectivity index (χ0v) is 20.0. The molecule has 5 rings (SSSR count). The fraction of sp³-hybridized carbons (Fsp3) is 0.591. The lowest BCUT2D eigenvalue weighted by Gasteiger charge is -2.57. The third-order valence-electron chi connectivity index (χ3n) is 7.40. The van der Waals surface area contributed by atoms with Crippen LogP contribution in [0, 0.1) is 5.92 Å². The van der Waals surface area contributed by atoms with Gasteiger partial charge in [0.25, 0.3) is 0 Å². The van der Waals surface area contributed by atoms with Crippen molar-refractivity contribution in [1.82, 2.24) is 4.90 Å². The average molecular weight is 530 g/mol. The van der Waals surface area contributed by atoms with Crippen LogP contribution in [0.4, 0.5) is 0 Å². The van der Waals surface area contributed by atoms with E-state index in [0.717, 1.165) is 37.3 Å². The number of hydrogen-bond acceptors (Lipinski definition) is 8. The molecule has 1 saturated heterocycles. The molecule has 2 bridgehead atoms. The van der Waals surface area contributed by atoms with Gasteiger partial charge in [0.1, 0.15) is 0 Å². The van der Waals surface area contributed by atoms with Crippen molar-refractivity contribution in [3.8, 4) is 11.5 Å². The number of Topliss-reactive ketones (excluding diaryl/α,β-unsaturated/α-hetero) is 1. The minimum atomic E-state index is -2.27. The number of carboxylic acid groups (broad SMARTS) is 2. The van der Waals surface area contributed by atoms with Crippen LogP contribution in [-0.2, 0) is 26.2 Å². The highest BCUT2D eigenvalue weighted by Gasteiger charge is 2.65. The minimum Gasteiger partial charge on any atom is -0.493 e. The van der Waals surface area contributed by atoms with Gasteiger partial charge >= 0.3 is 11.9 Å². The topological polar surface area (TPSA) is 154 Å². The molecule has 10 nitrogen and oxygen atoms in total. The lowest BCUT2D eigenvalue weighted by Crippen LogP contribution is -2.65. The van der Waals surface area contributed by atoms with E-state index >= 15 is 0 Å². The van der Waals surface area contributed by atoms with Gasteiger partial charge in [0.05, 0.1) is 7.11 Å². The number of ether oxygens (including phenoxy) is 2. The maximum absolute atomic E-state index is 12.6. The lowest BCUT2D eigenvalue weighted by atomic mass is 9.52. The Kier molecular flexibility index (Phi) is 7.09. The molecule has 6 atom stereocenters. The van der Waals surface area contributed by atoms with Crippen LogP contribution >= 0.6 is 17.0 Å². The molecular weight excluding hydrogens is 502 g/mol. The lowest BCUT2D eigenvalue weighted by molar-refractivity contribution is -0.165. The van der Waals surface area contributed by atoms with E-state index in [1.807, 2.05) is 6.07 Å². The largest absolute Gasteiger partial charge is 0.493 e. The Morgan fingerprint density at radius 3 is 2.42 bits per heavy atom. The number of aliphatic hydroxyl groups is 2. The second kappa shape index (κ2) is 9.21. The van der Waals surface area contributed by atoms with Crippen molar-refractivity contribution < 1.29 is 44.3 Å². The normalized spacial score (nSPS) is 30.4. The number of carbonyl (C=O) groups excluding carboxylic acids is 1. The van der Waals surface area contributed by atoms with Gasteiger partial charge in [-0.1, -0.05) is 6.07 Å². The maximum Gasteiger partial charge on any atom is 0.335 e. The Morgan fingerprint density at radius 1 is 1.21 bits per heavy atom. The molecule has 4 aliphatic rings. The number of benzene rings is 1. The highest BCUT2D eigenvalue weighted by Crippen LogP contribution is 2.63. The molecule has 4 N–H and O–H groups in total. The van der Waals surface area contributed by atoms with Gasteiger partial charge in [0.15, 0.2) is 35.6 Å². The van der Waals surface area contributed by atoms with Gasteiger partial charge in [0, 0.05) is 23.4 Å². The summed E-state index contributed by atoms with van der Waals surface area (Å²) in [6.45, 7) is 1.05. The number of aliphatic hydroxyl groups excluding tert-OH is 2. The van der Waals surface area contributed by atoms with Gasteiger partial charge in [-0.15, -0.1) is 17.0 Å². The molecule has 1 aromatic carbocycles. The first-order valence-corrected chi connectivity index (χ1v) is 10.5. The van der Waals surface area contributed by atoms with Crippen LogP contribution < -0.4 is 9.47 Å². The standard InChI is InChI=1S/C18H21NO3.C4H6O6.BrH/c1-19-8-7-18-11-4-5-13(20)17(18)22-16-14(21-2)6-3-10(15(16)18)9-12(11)19;5-1(3(7)8)2(6)4(9)10;/h3,6,11-12,17H,4-5,7-9H2,1-2H3;1-2,5-6H,(H,7,8)(H,9,10);1H/t11-,12+,17-,18-;1-,2-;/m01./s1. The van der Waals surface area contributed by atoms with Crippen molar-refractivity contribution in [3.63, 3.8) is 0 Å². The molecule has 0 amide bonds. The van der Waals surface area contributed by atoms with Crippen molar-refractivity contribution >= 4 is 34.7 Å². The molecule has 2 fully saturated rings. The Bertz CT molecular complexity index is 951. The molecule has 0 aromatic heterocycles. The van der Waals surface area contributed by atoms with Crippen LogP contribution in [0.1, 0.15) is 30.4 Å². The van der Waals surface area contributed by atoms with E-state index < -0.39 is 24.1 Å². The van der Waals surface area contributed by atoms with Crippen LogP contribution in [-0.4, -0.2) is 88.1 Å². The zero-order valence-electron chi connectivity index (χ0n) is 18.3. The Morgan fingerprint density at radius 2 is 1.85 bits per heavy atom. The summed E-state index contributed by atoms with van der Waals surface area (Å²) in [6.07, 6.45) is -1.06. The van der Waals surface area contributed by atoms with Crippen molar-refractivity contribution in [2.45, 2.75) is 55.5 Å². The van der Waals surface area contributed by atoms with E-state index in [-0.39, 0.29) is 34.3 Å². The molecule has 33 heavy (non-hydrogen) atoms. The Labute approximate surface area is 200 Å². The molecule has 1 saturated carbocycles. The summed E-state index contributed by atoms with van der Waals surface area (Å²) < 4.78 is 11.8. The van der Waals surface area contributed by atoms with Gasteiger partial charge in [0.2, 0.25) is 0 Å². The molecule has 182 valence electrons. The molecule has 11 heteroatoms. The molecule has 2 aliphatic heterocycles. The summed E-state index contributed by atoms with van der Waals surface area (Å²) in [6, 6.07) is 4.73. The smallest absolute Gasteiger partial charge is 0.335 e. The van der Waals surface area contributed by atoms with E-state index in [1.54, 1.807) is 7.11 Å². The van der Waals surface area contributed by atoms with E-state index in [4.69, 9.17) is 29.9 Å². The first-order chi connectivity index (χ1) is 15.1. The van der Waals surface area contributed by atoms with Gasteiger partial charge in [-0.05, 0) is 50.4 Å². The minimum absolute atomic E-state index is 0. The molecule has 0 radical (unpaired) electrons. The highest BCUT2D eigenvalue weighted by molar-refractivity contribution is 8.93. The third-order valence-corrected chi connectivity index (χ3v) is 7.40. The Hall–Kier alpha value is -2.21. The SMILES string of the molecule is Br.COc1ccc2c3c1O[C@H]1C(=O)CC[C@H]4[C@@H](C2)N(C)CC[C@]314.O=C(O)[C@H](O)[C@@H](O)C(=O)O. The number of hydrogen-bond donors (Lipinski definition) is 4. The molecule has 2 heterocycles. The summed E-state index contributed by atoms with van der Waals surface area (Å²) in [7, 11) is 3.91. The van der Waals surface area contributed by atoms with Crippen molar-refractivity contribution in [2.75, 3.05) is 20.7 Å².